The van der Waals surface area contributed by atoms with Gasteiger partial charge in [0.1, 0.15) is 0 Å². The molecule has 112 valence electrons. The van der Waals surface area contributed by atoms with Gasteiger partial charge in [0.15, 0.2) is 0 Å². The van der Waals surface area contributed by atoms with E-state index in [0.717, 1.165) is 24.9 Å². The summed E-state index contributed by atoms with van der Waals surface area (Å²) in [6.45, 7) is 2.95. The lowest BCUT2D eigenvalue weighted by Gasteiger charge is -2.25. The Morgan fingerprint density at radius 2 is 2.19 bits per heavy atom. The maximum atomic E-state index is 12.6. The molecule has 0 saturated carbocycles. The number of amides is 1. The van der Waals surface area contributed by atoms with Crippen molar-refractivity contribution in [1.29, 1.82) is 0 Å². The summed E-state index contributed by atoms with van der Waals surface area (Å²) in [7, 11) is 1.92. The smallest absolute Gasteiger partial charge is 0.225 e. The van der Waals surface area contributed by atoms with Crippen LogP contribution < -0.4 is 0 Å². The summed E-state index contributed by atoms with van der Waals surface area (Å²) in [6, 6.07) is 4.38. The Bertz CT molecular complexity index is 602. The molecule has 5 nitrogen and oxygen atoms in total. The first-order valence-electron chi connectivity index (χ1n) is 7.55. The van der Waals surface area contributed by atoms with Crippen molar-refractivity contribution in [3.05, 3.63) is 42.5 Å². The van der Waals surface area contributed by atoms with Gasteiger partial charge in [0.05, 0.1) is 12.2 Å². The van der Waals surface area contributed by atoms with Gasteiger partial charge in [-0.25, -0.2) is 0 Å². The molecular weight excluding hydrogens is 264 g/mol. The predicted octanol–water partition coefficient (Wildman–Crippen LogP) is 2.54. The summed E-state index contributed by atoms with van der Waals surface area (Å²) in [5, 5.41) is 4.23. The Hall–Kier alpha value is -2.04. The lowest BCUT2D eigenvalue weighted by molar-refractivity contribution is -0.132. The molecule has 3 heterocycles. The molecule has 0 bridgehead atoms. The van der Waals surface area contributed by atoms with Gasteiger partial charge in [0.2, 0.25) is 5.91 Å². The average molecular weight is 286 g/mol. The highest BCUT2D eigenvalue weighted by molar-refractivity contribution is 5.77. The maximum Gasteiger partial charge on any atom is 0.225 e. The molecule has 21 heavy (non-hydrogen) atoms. The van der Waals surface area contributed by atoms with Crippen LogP contribution in [-0.2, 0) is 11.8 Å². The van der Waals surface area contributed by atoms with Crippen molar-refractivity contribution in [2.75, 3.05) is 6.54 Å². The van der Waals surface area contributed by atoms with E-state index in [2.05, 4.69) is 16.6 Å². The van der Waals surface area contributed by atoms with Crippen LogP contribution in [0.2, 0.25) is 0 Å². The molecule has 0 unspecified atom stereocenters. The molecule has 0 aromatic carbocycles. The molecule has 2 aromatic rings. The number of nitrogens with zero attached hydrogens (tertiary/aromatic N) is 4. The number of carbonyl (C=O) groups excluding carboxylic acids is 1. The highest BCUT2D eigenvalue weighted by atomic mass is 16.2. The quantitative estimate of drug-likeness (QED) is 0.867. The summed E-state index contributed by atoms with van der Waals surface area (Å²) < 4.78 is 3.89. The molecule has 1 aliphatic heterocycles. The fourth-order valence-electron chi connectivity index (χ4n) is 3.14. The zero-order chi connectivity index (χ0) is 14.8. The van der Waals surface area contributed by atoms with Crippen molar-refractivity contribution in [3.8, 4) is 0 Å². The van der Waals surface area contributed by atoms with Gasteiger partial charge >= 0.3 is 0 Å². The van der Waals surface area contributed by atoms with E-state index >= 15 is 0 Å². The van der Waals surface area contributed by atoms with Crippen LogP contribution in [0.15, 0.2) is 36.9 Å². The normalized spacial score (nSPS) is 19.9. The predicted molar refractivity (Wildman–Crippen MR) is 80.7 cm³/mol. The Morgan fingerprint density at radius 1 is 1.43 bits per heavy atom. The monoisotopic (exact) mass is 286 g/mol. The van der Waals surface area contributed by atoms with Crippen LogP contribution >= 0.6 is 0 Å². The van der Waals surface area contributed by atoms with Gasteiger partial charge in [0.25, 0.3) is 0 Å². The first-order chi connectivity index (χ1) is 10.1. The van der Waals surface area contributed by atoms with Crippen LogP contribution in [0.4, 0.5) is 0 Å². The molecule has 1 amide bonds. The molecular formula is C16H22N4O. The number of hydrogen-bond acceptors (Lipinski definition) is 2. The van der Waals surface area contributed by atoms with Crippen molar-refractivity contribution in [1.82, 2.24) is 19.2 Å². The minimum Gasteiger partial charge on any atom is -0.351 e. The second kappa shape index (κ2) is 5.76. The molecule has 1 aliphatic rings. The molecule has 0 N–H and O–H groups in total. The minimum atomic E-state index is 0.197. The van der Waals surface area contributed by atoms with Gasteiger partial charge in [-0.1, -0.05) is 0 Å². The number of carbonyl (C=O) groups is 1. The number of hydrogen-bond donors (Lipinski definition) is 0. The second-order valence-electron chi connectivity index (χ2n) is 5.88. The van der Waals surface area contributed by atoms with Gasteiger partial charge < -0.3 is 9.47 Å². The zero-order valence-corrected chi connectivity index (χ0v) is 12.6. The molecule has 1 fully saturated rings. The van der Waals surface area contributed by atoms with E-state index in [1.807, 2.05) is 48.9 Å². The Labute approximate surface area is 125 Å². The number of rotatable bonds is 4. The van der Waals surface area contributed by atoms with Crippen molar-refractivity contribution in [2.24, 2.45) is 7.05 Å². The van der Waals surface area contributed by atoms with Crippen LogP contribution in [0.1, 0.15) is 43.8 Å². The molecule has 0 spiro atoms. The highest BCUT2D eigenvalue weighted by Gasteiger charge is 2.31. The fourth-order valence-corrected chi connectivity index (χ4v) is 3.14. The van der Waals surface area contributed by atoms with Crippen LogP contribution in [-0.4, -0.2) is 31.7 Å². The van der Waals surface area contributed by atoms with Crippen molar-refractivity contribution < 1.29 is 4.79 Å². The number of likely N-dealkylation sites (tertiary alicyclic amines) is 1. The van der Waals surface area contributed by atoms with Gasteiger partial charge in [-0.3, -0.25) is 9.48 Å². The van der Waals surface area contributed by atoms with Crippen LogP contribution in [0.25, 0.3) is 0 Å². The Balaban J connectivity index is 1.68. The van der Waals surface area contributed by atoms with Crippen molar-refractivity contribution in [3.63, 3.8) is 0 Å². The molecule has 2 aromatic heterocycles. The molecule has 0 radical (unpaired) electrons. The van der Waals surface area contributed by atoms with Crippen molar-refractivity contribution >= 4 is 5.91 Å². The van der Waals surface area contributed by atoms with E-state index in [0.29, 0.717) is 6.42 Å². The summed E-state index contributed by atoms with van der Waals surface area (Å²) in [5.74, 6) is 0.238. The van der Waals surface area contributed by atoms with Gasteiger partial charge in [-0.05, 0) is 31.9 Å². The van der Waals surface area contributed by atoms with Crippen LogP contribution in [0.3, 0.4) is 0 Å². The second-order valence-corrected chi connectivity index (χ2v) is 5.88. The third kappa shape index (κ3) is 2.86. The topological polar surface area (TPSA) is 43.1 Å². The lowest BCUT2D eigenvalue weighted by Crippen LogP contribution is -2.31. The molecule has 3 rings (SSSR count). The molecule has 1 saturated heterocycles. The molecule has 0 aliphatic carbocycles. The number of aryl methyl sites for hydroxylation is 1. The average Bonchev–Trinajstić information content (AvgIpc) is 3.19. The Kier molecular flexibility index (Phi) is 3.82. The zero-order valence-electron chi connectivity index (χ0n) is 12.6. The summed E-state index contributed by atoms with van der Waals surface area (Å²) >= 11 is 0. The van der Waals surface area contributed by atoms with Crippen LogP contribution in [0, 0.1) is 0 Å². The Morgan fingerprint density at radius 3 is 2.86 bits per heavy atom. The maximum absolute atomic E-state index is 12.6. The first kappa shape index (κ1) is 13.9. The SMILES string of the molecule is C[C@@H](CC(=O)N1CCC[C@@H]1c1cnn(C)c1)n1cccc1. The largest absolute Gasteiger partial charge is 0.351 e. The van der Waals surface area contributed by atoms with E-state index in [1.54, 1.807) is 4.68 Å². The van der Waals surface area contributed by atoms with E-state index in [4.69, 9.17) is 0 Å². The fraction of sp³-hybridized carbons (Fsp3) is 0.500. The first-order valence-corrected chi connectivity index (χ1v) is 7.55. The van der Waals surface area contributed by atoms with Crippen LogP contribution in [0.5, 0.6) is 0 Å². The van der Waals surface area contributed by atoms with Gasteiger partial charge in [-0.15, -0.1) is 0 Å². The summed E-state index contributed by atoms with van der Waals surface area (Å²) in [5.41, 5.74) is 1.15. The summed E-state index contributed by atoms with van der Waals surface area (Å²) in [4.78, 5) is 14.7. The standard InChI is InChI=1S/C16H22N4O/c1-13(19-7-3-4-8-19)10-16(21)20-9-5-6-15(20)14-11-17-18(2)12-14/h3-4,7-8,11-13,15H,5-6,9-10H2,1-2H3/t13-,15+/m0/s1. The van der Waals surface area contributed by atoms with E-state index in [-0.39, 0.29) is 18.0 Å². The van der Waals surface area contributed by atoms with E-state index in [1.165, 1.54) is 0 Å². The van der Waals surface area contributed by atoms with E-state index in [9.17, 15) is 4.79 Å². The van der Waals surface area contributed by atoms with Gasteiger partial charge in [0, 0.05) is 50.2 Å². The van der Waals surface area contributed by atoms with Crippen molar-refractivity contribution in [2.45, 2.75) is 38.3 Å². The lowest BCUT2D eigenvalue weighted by atomic mass is 10.1. The van der Waals surface area contributed by atoms with E-state index < -0.39 is 0 Å². The minimum absolute atomic E-state index is 0.197. The molecule has 2 atom stereocenters. The summed E-state index contributed by atoms with van der Waals surface area (Å²) in [6.07, 6.45) is 10.6. The third-order valence-electron chi connectivity index (χ3n) is 4.29. The third-order valence-corrected chi connectivity index (χ3v) is 4.29. The number of aromatic nitrogens is 3. The molecule has 5 heteroatoms. The van der Waals surface area contributed by atoms with Gasteiger partial charge in [-0.2, -0.15) is 5.10 Å². The highest BCUT2D eigenvalue weighted by Crippen LogP contribution is 2.32.